The second kappa shape index (κ2) is 8.13. The molecule has 1 aromatic carbocycles. The fourth-order valence-corrected chi connectivity index (χ4v) is 4.68. The van der Waals surface area contributed by atoms with Crippen molar-refractivity contribution in [2.24, 2.45) is 0 Å². The molecule has 1 aliphatic carbocycles. The largest absolute Gasteiger partial charge is 0.454 e. The van der Waals surface area contributed by atoms with Crippen LogP contribution in [0.3, 0.4) is 0 Å². The minimum absolute atomic E-state index is 0.0918. The zero-order valence-electron chi connectivity index (χ0n) is 14.2. The number of aromatic nitrogens is 2. The van der Waals surface area contributed by atoms with Gasteiger partial charge in [0.05, 0.1) is 5.75 Å². The van der Waals surface area contributed by atoms with Crippen molar-refractivity contribution in [1.82, 2.24) is 10.2 Å². The minimum atomic E-state index is -0.0918. The van der Waals surface area contributed by atoms with Gasteiger partial charge in [-0.2, -0.15) is 0 Å². The highest BCUT2D eigenvalue weighted by molar-refractivity contribution is 8.01. The Labute approximate surface area is 159 Å². The number of hydrogen-bond acceptors (Lipinski definition) is 8. The Bertz CT molecular complexity index is 777. The smallest absolute Gasteiger partial charge is 0.234 e. The molecular weight excluding hydrogens is 372 g/mol. The van der Waals surface area contributed by atoms with Gasteiger partial charge in [-0.05, 0) is 25.0 Å². The lowest BCUT2D eigenvalue weighted by Gasteiger charge is -2.21. The maximum absolute atomic E-state index is 12.1. The van der Waals surface area contributed by atoms with E-state index in [-0.39, 0.29) is 18.5 Å². The van der Waals surface area contributed by atoms with E-state index in [4.69, 9.17) is 9.47 Å². The molecule has 0 unspecified atom stereocenters. The van der Waals surface area contributed by atoms with E-state index in [2.05, 4.69) is 20.8 Å². The van der Waals surface area contributed by atoms with Gasteiger partial charge >= 0.3 is 0 Å². The molecule has 0 radical (unpaired) electrons. The van der Waals surface area contributed by atoms with Crippen LogP contribution in [0.5, 0.6) is 11.5 Å². The third kappa shape index (κ3) is 4.39. The molecule has 2 N–H and O–H groups in total. The van der Waals surface area contributed by atoms with Crippen LogP contribution in [0.15, 0.2) is 22.5 Å². The fraction of sp³-hybridized carbons (Fsp3) is 0.471. The topological polar surface area (TPSA) is 85.4 Å². The Morgan fingerprint density at radius 1 is 1.19 bits per heavy atom. The fourth-order valence-electron chi connectivity index (χ4n) is 3.05. The van der Waals surface area contributed by atoms with E-state index in [1.807, 2.05) is 0 Å². The van der Waals surface area contributed by atoms with Crippen molar-refractivity contribution in [3.8, 4) is 11.5 Å². The van der Waals surface area contributed by atoms with Gasteiger partial charge < -0.3 is 20.1 Å². The number of carbonyl (C=O) groups excluding carboxylic acids is 1. The quantitative estimate of drug-likeness (QED) is 0.724. The van der Waals surface area contributed by atoms with Crippen LogP contribution in [-0.2, 0) is 4.79 Å². The van der Waals surface area contributed by atoms with Gasteiger partial charge in [-0.1, -0.05) is 42.4 Å². The third-order valence-electron chi connectivity index (χ3n) is 4.32. The van der Waals surface area contributed by atoms with Crippen LogP contribution in [0.25, 0.3) is 0 Å². The average Bonchev–Trinajstić information content (AvgIpc) is 3.29. The van der Waals surface area contributed by atoms with Crippen molar-refractivity contribution in [1.29, 1.82) is 0 Å². The highest BCUT2D eigenvalue weighted by atomic mass is 32.2. The zero-order valence-corrected chi connectivity index (χ0v) is 15.8. The predicted octanol–water partition coefficient (Wildman–Crippen LogP) is 3.74. The molecule has 1 fully saturated rings. The molecule has 9 heteroatoms. The maximum Gasteiger partial charge on any atom is 0.234 e. The normalized spacial score (nSPS) is 16.5. The van der Waals surface area contributed by atoms with Gasteiger partial charge in [-0.25, -0.2) is 0 Å². The van der Waals surface area contributed by atoms with Gasteiger partial charge in [0.25, 0.3) is 0 Å². The third-order valence-corrected chi connectivity index (χ3v) is 6.31. The lowest BCUT2D eigenvalue weighted by Crippen LogP contribution is -2.21. The number of ether oxygens (including phenoxy) is 2. The summed E-state index contributed by atoms with van der Waals surface area (Å²) in [7, 11) is 0. The molecule has 0 spiro atoms. The van der Waals surface area contributed by atoms with Crippen molar-refractivity contribution in [3.63, 3.8) is 0 Å². The van der Waals surface area contributed by atoms with Crippen LogP contribution >= 0.6 is 23.1 Å². The number of anilines is 2. The molecule has 138 valence electrons. The van der Waals surface area contributed by atoms with Crippen molar-refractivity contribution in [2.45, 2.75) is 42.5 Å². The molecule has 1 saturated carbocycles. The first-order valence-corrected chi connectivity index (χ1v) is 10.5. The molecule has 1 aliphatic heterocycles. The molecule has 26 heavy (non-hydrogen) atoms. The lowest BCUT2D eigenvalue weighted by atomic mass is 9.96. The van der Waals surface area contributed by atoms with Crippen LogP contribution in [-0.4, -0.2) is 34.7 Å². The SMILES string of the molecule is O=C(CSc1nnc(NC2CCCCC2)s1)Nc1ccc2c(c1)OCO2. The second-order valence-electron chi connectivity index (χ2n) is 6.26. The summed E-state index contributed by atoms with van der Waals surface area (Å²) < 4.78 is 11.4. The van der Waals surface area contributed by atoms with Gasteiger partial charge in [0.2, 0.25) is 17.8 Å². The van der Waals surface area contributed by atoms with Gasteiger partial charge in [0.1, 0.15) is 0 Å². The van der Waals surface area contributed by atoms with E-state index in [1.165, 1.54) is 55.2 Å². The monoisotopic (exact) mass is 392 g/mol. The second-order valence-corrected chi connectivity index (χ2v) is 8.46. The van der Waals surface area contributed by atoms with Crippen molar-refractivity contribution in [2.75, 3.05) is 23.2 Å². The Balaban J connectivity index is 1.25. The van der Waals surface area contributed by atoms with E-state index >= 15 is 0 Å². The first kappa shape index (κ1) is 17.4. The maximum atomic E-state index is 12.1. The summed E-state index contributed by atoms with van der Waals surface area (Å²) in [5.41, 5.74) is 0.691. The number of nitrogens with one attached hydrogen (secondary N) is 2. The molecular formula is C17H20N4O3S2. The molecule has 0 saturated heterocycles. The summed E-state index contributed by atoms with van der Waals surface area (Å²) in [6.07, 6.45) is 6.27. The molecule has 7 nitrogen and oxygen atoms in total. The van der Waals surface area contributed by atoms with E-state index in [0.29, 0.717) is 23.2 Å². The Morgan fingerprint density at radius 2 is 2.04 bits per heavy atom. The standard InChI is InChI=1S/C17H20N4O3S2/c22-15(18-12-6-7-13-14(8-12)24-10-23-13)9-25-17-21-20-16(26-17)19-11-4-2-1-3-5-11/h6-8,11H,1-5,9-10H2,(H,18,22)(H,19,20). The van der Waals surface area contributed by atoms with E-state index in [0.717, 1.165) is 9.47 Å². The number of carbonyl (C=O) groups is 1. The molecule has 2 aromatic rings. The number of benzene rings is 1. The number of nitrogens with zero attached hydrogens (tertiary/aromatic N) is 2. The number of thioether (sulfide) groups is 1. The Morgan fingerprint density at radius 3 is 2.92 bits per heavy atom. The summed E-state index contributed by atoms with van der Waals surface area (Å²) in [5, 5.41) is 15.5. The molecule has 1 aromatic heterocycles. The average molecular weight is 393 g/mol. The number of hydrogen-bond donors (Lipinski definition) is 2. The summed E-state index contributed by atoms with van der Waals surface area (Å²) in [4.78, 5) is 12.1. The summed E-state index contributed by atoms with van der Waals surface area (Å²) in [6.45, 7) is 0.219. The van der Waals surface area contributed by atoms with Crippen LogP contribution in [0.2, 0.25) is 0 Å². The van der Waals surface area contributed by atoms with Crippen molar-refractivity contribution < 1.29 is 14.3 Å². The highest BCUT2D eigenvalue weighted by Gasteiger charge is 2.16. The molecule has 2 heterocycles. The lowest BCUT2D eigenvalue weighted by molar-refractivity contribution is -0.113. The van der Waals surface area contributed by atoms with Gasteiger partial charge in [0, 0.05) is 17.8 Å². The first-order valence-electron chi connectivity index (χ1n) is 8.68. The van der Waals surface area contributed by atoms with E-state index < -0.39 is 0 Å². The van der Waals surface area contributed by atoms with Crippen LogP contribution in [0, 0.1) is 0 Å². The van der Waals surface area contributed by atoms with Crippen LogP contribution < -0.4 is 20.1 Å². The molecule has 0 atom stereocenters. The van der Waals surface area contributed by atoms with Crippen LogP contribution in [0.1, 0.15) is 32.1 Å². The Kier molecular flexibility index (Phi) is 5.45. The first-order chi connectivity index (χ1) is 12.8. The van der Waals surface area contributed by atoms with E-state index in [1.54, 1.807) is 18.2 Å². The molecule has 1 amide bonds. The number of fused-ring (bicyclic) bond motifs is 1. The Hall–Kier alpha value is -2.00. The van der Waals surface area contributed by atoms with E-state index in [9.17, 15) is 4.79 Å². The predicted molar refractivity (Wildman–Crippen MR) is 102 cm³/mol. The van der Waals surface area contributed by atoms with Crippen LogP contribution in [0.4, 0.5) is 10.8 Å². The summed E-state index contributed by atoms with van der Waals surface area (Å²) >= 11 is 2.90. The minimum Gasteiger partial charge on any atom is -0.454 e. The number of amides is 1. The zero-order chi connectivity index (χ0) is 17.8. The summed E-state index contributed by atoms with van der Waals surface area (Å²) in [6, 6.07) is 5.86. The molecule has 2 aliphatic rings. The summed E-state index contributed by atoms with van der Waals surface area (Å²) in [5.74, 6) is 1.54. The van der Waals surface area contributed by atoms with Crippen molar-refractivity contribution >= 4 is 39.8 Å². The van der Waals surface area contributed by atoms with Crippen molar-refractivity contribution in [3.05, 3.63) is 18.2 Å². The van der Waals surface area contributed by atoms with Gasteiger partial charge in [0.15, 0.2) is 15.8 Å². The highest BCUT2D eigenvalue weighted by Crippen LogP contribution is 2.34. The molecule has 0 bridgehead atoms. The molecule has 4 rings (SSSR count). The van der Waals surface area contributed by atoms with Gasteiger partial charge in [-0.15, -0.1) is 10.2 Å². The van der Waals surface area contributed by atoms with Gasteiger partial charge in [-0.3, -0.25) is 4.79 Å². The number of rotatable bonds is 6.